The Bertz CT molecular complexity index is 417. The lowest BCUT2D eigenvalue weighted by atomic mass is 10.3. The van der Waals surface area contributed by atoms with Crippen LogP contribution < -0.4 is 5.01 Å². The molecule has 1 aromatic heterocycles. The Labute approximate surface area is 89.1 Å². The summed E-state index contributed by atoms with van der Waals surface area (Å²) in [5, 5.41) is 6.15. The fourth-order valence-electron chi connectivity index (χ4n) is 1.28. The minimum atomic E-state index is 0.998. The molecule has 1 aromatic carbocycles. The standard InChI is InChI=1S/C12H13N3/c1-15(12-7-3-2-4-8-12)14-10-11-6-5-9-13-11/h2-10,13H,1H3/b14-10+. The summed E-state index contributed by atoms with van der Waals surface area (Å²) in [6.45, 7) is 0. The van der Waals surface area contributed by atoms with Gasteiger partial charge in [-0.3, -0.25) is 5.01 Å². The zero-order valence-electron chi connectivity index (χ0n) is 8.59. The second kappa shape index (κ2) is 4.46. The Hall–Kier alpha value is -2.03. The van der Waals surface area contributed by atoms with Gasteiger partial charge in [-0.2, -0.15) is 5.10 Å². The van der Waals surface area contributed by atoms with Crippen molar-refractivity contribution in [3.05, 3.63) is 54.4 Å². The maximum atomic E-state index is 4.31. The van der Waals surface area contributed by atoms with Crippen molar-refractivity contribution in [2.24, 2.45) is 5.10 Å². The van der Waals surface area contributed by atoms with E-state index in [4.69, 9.17) is 0 Å². The monoisotopic (exact) mass is 199 g/mol. The second-order valence-corrected chi connectivity index (χ2v) is 3.23. The highest BCUT2D eigenvalue weighted by atomic mass is 15.4. The second-order valence-electron chi connectivity index (χ2n) is 3.23. The van der Waals surface area contributed by atoms with E-state index in [0.717, 1.165) is 11.4 Å². The van der Waals surface area contributed by atoms with Crippen molar-refractivity contribution in [3.63, 3.8) is 0 Å². The molecule has 0 aliphatic carbocycles. The van der Waals surface area contributed by atoms with Crippen LogP contribution in [-0.4, -0.2) is 18.2 Å². The fourth-order valence-corrected chi connectivity index (χ4v) is 1.28. The molecule has 0 unspecified atom stereocenters. The molecular formula is C12H13N3. The van der Waals surface area contributed by atoms with E-state index in [2.05, 4.69) is 10.1 Å². The van der Waals surface area contributed by atoms with Gasteiger partial charge in [0.2, 0.25) is 0 Å². The average Bonchev–Trinajstić information content (AvgIpc) is 2.80. The van der Waals surface area contributed by atoms with E-state index in [1.807, 2.05) is 60.7 Å². The van der Waals surface area contributed by atoms with Crippen LogP contribution in [0.15, 0.2) is 53.8 Å². The van der Waals surface area contributed by atoms with Gasteiger partial charge in [-0.15, -0.1) is 0 Å². The molecule has 1 heterocycles. The van der Waals surface area contributed by atoms with Crippen LogP contribution in [0.3, 0.4) is 0 Å². The van der Waals surface area contributed by atoms with Gasteiger partial charge in [-0.05, 0) is 24.3 Å². The lowest BCUT2D eigenvalue weighted by Gasteiger charge is -2.11. The van der Waals surface area contributed by atoms with Gasteiger partial charge in [0.25, 0.3) is 0 Å². The number of rotatable bonds is 3. The van der Waals surface area contributed by atoms with Crippen LogP contribution in [-0.2, 0) is 0 Å². The molecule has 0 fully saturated rings. The molecule has 15 heavy (non-hydrogen) atoms. The SMILES string of the molecule is CN(/N=C/c1ccc[nH]1)c1ccccc1. The Balaban J connectivity index is 2.07. The number of anilines is 1. The third-order valence-corrected chi connectivity index (χ3v) is 2.12. The molecule has 3 heteroatoms. The number of hydrogen-bond donors (Lipinski definition) is 1. The number of benzene rings is 1. The molecule has 3 nitrogen and oxygen atoms in total. The van der Waals surface area contributed by atoms with Crippen LogP contribution in [0.4, 0.5) is 5.69 Å². The summed E-state index contributed by atoms with van der Waals surface area (Å²) in [6, 6.07) is 13.9. The molecule has 0 saturated heterocycles. The predicted molar refractivity (Wildman–Crippen MR) is 63.2 cm³/mol. The summed E-state index contributed by atoms with van der Waals surface area (Å²) in [5.41, 5.74) is 2.07. The summed E-state index contributed by atoms with van der Waals surface area (Å²) in [7, 11) is 1.93. The minimum Gasteiger partial charge on any atom is -0.360 e. The Morgan fingerprint density at radius 1 is 1.13 bits per heavy atom. The van der Waals surface area contributed by atoms with Gasteiger partial charge in [-0.1, -0.05) is 18.2 Å². The number of aromatic amines is 1. The van der Waals surface area contributed by atoms with Crippen LogP contribution in [0, 0.1) is 0 Å². The van der Waals surface area contributed by atoms with Crippen LogP contribution in [0.25, 0.3) is 0 Å². The third kappa shape index (κ3) is 2.47. The summed E-state index contributed by atoms with van der Waals surface area (Å²) in [5.74, 6) is 0. The van der Waals surface area contributed by atoms with Gasteiger partial charge in [-0.25, -0.2) is 0 Å². The summed E-state index contributed by atoms with van der Waals surface area (Å²) in [6.07, 6.45) is 3.68. The first kappa shape index (κ1) is 9.52. The number of para-hydroxylation sites is 1. The maximum Gasteiger partial charge on any atom is 0.0709 e. The molecule has 2 rings (SSSR count). The van der Waals surface area contributed by atoms with E-state index in [-0.39, 0.29) is 0 Å². The first-order valence-electron chi connectivity index (χ1n) is 4.82. The number of aromatic nitrogens is 1. The first-order valence-corrected chi connectivity index (χ1v) is 4.82. The summed E-state index contributed by atoms with van der Waals surface area (Å²) < 4.78 is 0. The number of hydrazone groups is 1. The molecule has 0 bridgehead atoms. The van der Waals surface area contributed by atoms with Gasteiger partial charge >= 0.3 is 0 Å². The Morgan fingerprint density at radius 3 is 2.60 bits per heavy atom. The van der Waals surface area contributed by atoms with E-state index in [1.54, 1.807) is 6.21 Å². The third-order valence-electron chi connectivity index (χ3n) is 2.12. The van der Waals surface area contributed by atoms with Crippen LogP contribution in [0.2, 0.25) is 0 Å². The van der Waals surface area contributed by atoms with Gasteiger partial charge in [0, 0.05) is 13.2 Å². The van der Waals surface area contributed by atoms with Gasteiger partial charge in [0.05, 0.1) is 17.6 Å². The summed E-state index contributed by atoms with van der Waals surface area (Å²) >= 11 is 0. The van der Waals surface area contributed by atoms with Crippen molar-refractivity contribution in [2.45, 2.75) is 0 Å². The predicted octanol–water partition coefficient (Wildman–Crippen LogP) is 2.49. The van der Waals surface area contributed by atoms with Crippen LogP contribution in [0.5, 0.6) is 0 Å². The van der Waals surface area contributed by atoms with Crippen molar-refractivity contribution in [1.82, 2.24) is 4.98 Å². The quantitative estimate of drug-likeness (QED) is 0.597. The fraction of sp³-hybridized carbons (Fsp3) is 0.0833. The molecule has 0 radical (unpaired) electrons. The smallest absolute Gasteiger partial charge is 0.0709 e. The van der Waals surface area contributed by atoms with Gasteiger partial charge < -0.3 is 4.98 Å². The number of nitrogens with zero attached hydrogens (tertiary/aromatic N) is 2. The molecular weight excluding hydrogens is 186 g/mol. The Morgan fingerprint density at radius 2 is 1.93 bits per heavy atom. The number of H-pyrrole nitrogens is 1. The normalized spacial score (nSPS) is 10.7. The molecule has 0 saturated carbocycles. The minimum absolute atomic E-state index is 0.998. The summed E-state index contributed by atoms with van der Waals surface area (Å²) in [4.78, 5) is 3.07. The topological polar surface area (TPSA) is 31.4 Å². The van der Waals surface area contributed by atoms with Crippen LogP contribution in [0.1, 0.15) is 5.69 Å². The highest BCUT2D eigenvalue weighted by Gasteiger charge is 1.94. The van der Waals surface area contributed by atoms with Gasteiger partial charge in [0.15, 0.2) is 0 Å². The highest BCUT2D eigenvalue weighted by Crippen LogP contribution is 2.10. The molecule has 2 aromatic rings. The number of nitrogens with one attached hydrogen (secondary N) is 1. The largest absolute Gasteiger partial charge is 0.360 e. The highest BCUT2D eigenvalue weighted by molar-refractivity contribution is 5.77. The van der Waals surface area contributed by atoms with E-state index in [1.165, 1.54) is 0 Å². The van der Waals surface area contributed by atoms with Crippen molar-refractivity contribution < 1.29 is 0 Å². The van der Waals surface area contributed by atoms with E-state index < -0.39 is 0 Å². The number of hydrogen-bond acceptors (Lipinski definition) is 2. The lowest BCUT2D eigenvalue weighted by Crippen LogP contribution is -2.08. The zero-order chi connectivity index (χ0) is 10.5. The molecule has 0 amide bonds. The molecule has 0 aliphatic heterocycles. The molecule has 0 aliphatic rings. The molecule has 0 atom stereocenters. The molecule has 0 spiro atoms. The molecule has 1 N–H and O–H groups in total. The van der Waals surface area contributed by atoms with E-state index in [0.29, 0.717) is 0 Å². The average molecular weight is 199 g/mol. The van der Waals surface area contributed by atoms with E-state index >= 15 is 0 Å². The maximum absolute atomic E-state index is 4.31. The lowest BCUT2D eigenvalue weighted by molar-refractivity contribution is 1.02. The Kier molecular flexibility index (Phi) is 2.83. The first-order chi connectivity index (χ1) is 7.36. The zero-order valence-corrected chi connectivity index (χ0v) is 8.59. The van der Waals surface area contributed by atoms with Crippen LogP contribution >= 0.6 is 0 Å². The van der Waals surface area contributed by atoms with Crippen molar-refractivity contribution in [3.8, 4) is 0 Å². The van der Waals surface area contributed by atoms with E-state index in [9.17, 15) is 0 Å². The van der Waals surface area contributed by atoms with Crippen molar-refractivity contribution in [1.29, 1.82) is 0 Å². The van der Waals surface area contributed by atoms with Gasteiger partial charge in [0.1, 0.15) is 0 Å². The molecule has 76 valence electrons. The van der Waals surface area contributed by atoms with Crippen molar-refractivity contribution >= 4 is 11.9 Å². The van der Waals surface area contributed by atoms with Crippen molar-refractivity contribution in [2.75, 3.05) is 12.1 Å².